The topological polar surface area (TPSA) is 40.1 Å². The Hall–Kier alpha value is -0.670. The number of alkyl halides is 2. The molecule has 0 aliphatic rings. The molecule has 10 heavy (non-hydrogen) atoms. The number of halogens is 2. The highest BCUT2D eigenvalue weighted by atomic mass is 19.3. The van der Waals surface area contributed by atoms with Crippen molar-refractivity contribution < 1.29 is 18.7 Å². The number of carbonyl (C=O) groups excluding carboxylic acids is 1. The van der Waals surface area contributed by atoms with Crippen molar-refractivity contribution >= 4 is 5.97 Å². The Morgan fingerprint density at radius 1 is 1.30 bits per heavy atom. The van der Waals surface area contributed by atoms with Gasteiger partial charge in [0.15, 0.2) is 0 Å². The second-order valence-electron chi connectivity index (χ2n) is 3.11. The smallest absolute Gasteiger partial charge is 0.291 e. The van der Waals surface area contributed by atoms with E-state index in [1.54, 1.807) is 0 Å². The summed E-state index contributed by atoms with van der Waals surface area (Å²) < 4.78 is 24.8. The number of carboxylic acid groups (broad SMARTS) is 1. The lowest BCUT2D eigenvalue weighted by Crippen LogP contribution is -2.49. The molecule has 0 saturated carbocycles. The quantitative estimate of drug-likeness (QED) is 0.544. The van der Waals surface area contributed by atoms with Crippen molar-refractivity contribution in [1.29, 1.82) is 0 Å². The van der Waals surface area contributed by atoms with Gasteiger partial charge in [-0.1, -0.05) is 20.8 Å². The van der Waals surface area contributed by atoms with Crippen molar-refractivity contribution in [1.82, 2.24) is 0 Å². The molecule has 0 spiro atoms. The molecule has 0 rings (SSSR count). The van der Waals surface area contributed by atoms with E-state index in [9.17, 15) is 18.7 Å². The third-order valence-electron chi connectivity index (χ3n) is 1.20. The van der Waals surface area contributed by atoms with Crippen LogP contribution >= 0.6 is 0 Å². The molecule has 0 fully saturated rings. The molecule has 0 aliphatic carbocycles. The number of aliphatic carboxylic acids is 1. The average molecular weight is 151 g/mol. The Kier molecular flexibility index (Phi) is 2.03. The van der Waals surface area contributed by atoms with E-state index < -0.39 is 17.3 Å². The van der Waals surface area contributed by atoms with Crippen LogP contribution in [0.15, 0.2) is 0 Å². The maximum atomic E-state index is 12.4. The van der Waals surface area contributed by atoms with Gasteiger partial charge in [0.25, 0.3) is 5.92 Å². The van der Waals surface area contributed by atoms with Gasteiger partial charge in [0.1, 0.15) is 5.97 Å². The summed E-state index contributed by atoms with van der Waals surface area (Å²) in [5.74, 6) is -6.08. The molecule has 0 aliphatic heterocycles. The minimum absolute atomic E-state index is 1.14. The Morgan fingerprint density at radius 2 is 1.60 bits per heavy atom. The van der Waals surface area contributed by atoms with Crippen LogP contribution in [0.5, 0.6) is 0 Å². The zero-order valence-corrected chi connectivity index (χ0v) is 6.07. The van der Waals surface area contributed by atoms with Crippen LogP contribution in [-0.4, -0.2) is 11.9 Å². The van der Waals surface area contributed by atoms with E-state index in [1.165, 1.54) is 0 Å². The van der Waals surface area contributed by atoms with Gasteiger partial charge in [-0.25, -0.2) is 0 Å². The first-order chi connectivity index (χ1) is 4.19. The summed E-state index contributed by atoms with van der Waals surface area (Å²) in [5, 5.41) is 9.81. The summed E-state index contributed by atoms with van der Waals surface area (Å²) >= 11 is 0. The molecule has 0 amide bonds. The lowest BCUT2D eigenvalue weighted by molar-refractivity contribution is -0.337. The lowest BCUT2D eigenvalue weighted by atomic mass is 9.88. The maximum absolute atomic E-state index is 12.4. The number of hydrogen-bond donors (Lipinski definition) is 0. The zero-order valence-electron chi connectivity index (χ0n) is 6.07. The summed E-state index contributed by atoms with van der Waals surface area (Å²) in [4.78, 5) is 9.81. The van der Waals surface area contributed by atoms with Crippen LogP contribution in [0, 0.1) is 5.41 Å². The van der Waals surface area contributed by atoms with Gasteiger partial charge in [-0.05, 0) is 0 Å². The van der Waals surface area contributed by atoms with Gasteiger partial charge < -0.3 is 9.90 Å². The number of carbonyl (C=O) groups is 1. The van der Waals surface area contributed by atoms with Crippen molar-refractivity contribution in [2.24, 2.45) is 5.41 Å². The molecule has 60 valence electrons. The molecule has 0 aromatic heterocycles. The molecule has 0 bridgehead atoms. The van der Waals surface area contributed by atoms with E-state index in [4.69, 9.17) is 0 Å². The monoisotopic (exact) mass is 151 g/mol. The van der Waals surface area contributed by atoms with Gasteiger partial charge in [-0.3, -0.25) is 0 Å². The zero-order chi connectivity index (χ0) is 8.58. The maximum Gasteiger partial charge on any atom is 0.291 e. The van der Waals surface area contributed by atoms with E-state index in [0.29, 0.717) is 0 Å². The largest absolute Gasteiger partial charge is 0.544 e. The predicted octanol–water partition coefficient (Wildman–Crippen LogP) is 0.418. The molecule has 0 heterocycles. The van der Waals surface area contributed by atoms with Crippen LogP contribution < -0.4 is 5.11 Å². The third kappa shape index (κ3) is 1.43. The normalized spacial score (nSPS) is 13.3. The summed E-state index contributed by atoms with van der Waals surface area (Å²) in [5.41, 5.74) is -1.58. The standard InChI is InChI=1S/C6H10F2O2/c1-5(2,3)6(7,8)4(9)10/h1-3H3,(H,9,10)/p-1. The van der Waals surface area contributed by atoms with Gasteiger partial charge in [0.2, 0.25) is 0 Å². The summed E-state index contributed by atoms with van der Waals surface area (Å²) in [6.07, 6.45) is 0. The molecule has 0 N–H and O–H groups in total. The number of hydrogen-bond acceptors (Lipinski definition) is 2. The molecule has 0 aromatic rings. The highest BCUT2D eigenvalue weighted by molar-refractivity contribution is 5.74. The fourth-order valence-corrected chi connectivity index (χ4v) is 0.306. The Bertz CT molecular complexity index is 146. The fraction of sp³-hybridized carbons (Fsp3) is 0.833. The van der Waals surface area contributed by atoms with Gasteiger partial charge in [-0.15, -0.1) is 0 Å². The van der Waals surface area contributed by atoms with Crippen LogP contribution in [0.1, 0.15) is 20.8 Å². The van der Waals surface area contributed by atoms with Crippen LogP contribution in [-0.2, 0) is 4.79 Å². The van der Waals surface area contributed by atoms with Gasteiger partial charge in [0, 0.05) is 5.41 Å². The number of carboxylic acids is 1. The molecule has 0 saturated heterocycles. The summed E-state index contributed by atoms with van der Waals surface area (Å²) in [6, 6.07) is 0. The van der Waals surface area contributed by atoms with Crippen molar-refractivity contribution in [2.45, 2.75) is 26.7 Å². The first-order valence-electron chi connectivity index (χ1n) is 2.79. The lowest BCUT2D eigenvalue weighted by Gasteiger charge is -2.30. The van der Waals surface area contributed by atoms with Crippen molar-refractivity contribution in [3.63, 3.8) is 0 Å². The number of rotatable bonds is 1. The molecule has 0 radical (unpaired) electrons. The van der Waals surface area contributed by atoms with Gasteiger partial charge >= 0.3 is 0 Å². The Labute approximate surface area is 57.9 Å². The summed E-state index contributed by atoms with van der Waals surface area (Å²) in [7, 11) is 0. The molecular weight excluding hydrogens is 142 g/mol. The SMILES string of the molecule is CC(C)(C)C(F)(F)C(=O)[O-]. The highest BCUT2D eigenvalue weighted by Crippen LogP contribution is 2.34. The molecule has 2 nitrogen and oxygen atoms in total. The van der Waals surface area contributed by atoms with E-state index in [0.717, 1.165) is 20.8 Å². The minimum atomic E-state index is -3.76. The van der Waals surface area contributed by atoms with Crippen LogP contribution in [0.2, 0.25) is 0 Å². The minimum Gasteiger partial charge on any atom is -0.544 e. The van der Waals surface area contributed by atoms with Crippen LogP contribution in [0.4, 0.5) is 8.78 Å². The van der Waals surface area contributed by atoms with Crippen LogP contribution in [0.3, 0.4) is 0 Å². The third-order valence-corrected chi connectivity index (χ3v) is 1.20. The highest BCUT2D eigenvalue weighted by Gasteiger charge is 2.44. The van der Waals surface area contributed by atoms with E-state index >= 15 is 0 Å². The predicted molar refractivity (Wildman–Crippen MR) is 29.4 cm³/mol. The van der Waals surface area contributed by atoms with Crippen LogP contribution in [0.25, 0.3) is 0 Å². The van der Waals surface area contributed by atoms with E-state index in [1.807, 2.05) is 0 Å². The fourth-order valence-electron chi connectivity index (χ4n) is 0.306. The van der Waals surface area contributed by atoms with Crippen molar-refractivity contribution in [3.8, 4) is 0 Å². The van der Waals surface area contributed by atoms with Gasteiger partial charge in [-0.2, -0.15) is 8.78 Å². The van der Waals surface area contributed by atoms with Gasteiger partial charge in [0.05, 0.1) is 0 Å². The molecular formula is C6H9F2O2-. The second kappa shape index (κ2) is 2.18. The van der Waals surface area contributed by atoms with E-state index in [-0.39, 0.29) is 0 Å². The average Bonchev–Trinajstić information content (AvgIpc) is 1.62. The molecule has 4 heteroatoms. The van der Waals surface area contributed by atoms with Crippen molar-refractivity contribution in [2.75, 3.05) is 0 Å². The molecule has 0 aromatic carbocycles. The van der Waals surface area contributed by atoms with E-state index in [2.05, 4.69) is 0 Å². The first kappa shape index (κ1) is 9.33. The second-order valence-corrected chi connectivity index (χ2v) is 3.11. The van der Waals surface area contributed by atoms with Crippen molar-refractivity contribution in [3.05, 3.63) is 0 Å². The molecule has 0 unspecified atom stereocenters. The Morgan fingerprint density at radius 3 is 1.60 bits per heavy atom. The summed E-state index contributed by atoms with van der Waals surface area (Å²) in [6.45, 7) is 3.42. The Balaban J connectivity index is 4.57. The first-order valence-corrected chi connectivity index (χ1v) is 2.79. The molecule has 0 atom stereocenters.